The minimum Gasteiger partial charge on any atom is -0.505 e. The van der Waals surface area contributed by atoms with Crippen LogP contribution in [0.25, 0.3) is 0 Å². The van der Waals surface area contributed by atoms with Crippen LogP contribution in [0, 0.1) is 0 Å². The number of amides is 1. The second-order valence-corrected chi connectivity index (χ2v) is 5.14. The number of para-hydroxylation sites is 1. The Morgan fingerprint density at radius 3 is 2.95 bits per heavy atom. The Morgan fingerprint density at radius 2 is 2.19 bits per heavy atom. The van der Waals surface area contributed by atoms with Crippen molar-refractivity contribution in [2.24, 2.45) is 5.73 Å². The third-order valence-electron chi connectivity index (χ3n) is 3.86. The minimum absolute atomic E-state index is 0.0951. The zero-order chi connectivity index (χ0) is 14.8. The maximum atomic E-state index is 12.7. The van der Waals surface area contributed by atoms with Crippen LogP contribution in [0.3, 0.4) is 0 Å². The van der Waals surface area contributed by atoms with Gasteiger partial charge in [-0.3, -0.25) is 9.78 Å². The summed E-state index contributed by atoms with van der Waals surface area (Å²) < 4.78 is 0. The van der Waals surface area contributed by atoms with Gasteiger partial charge in [0.05, 0.1) is 11.8 Å². The summed E-state index contributed by atoms with van der Waals surface area (Å²) in [5, 5.41) is 9.83. The monoisotopic (exact) mass is 283 g/mol. The van der Waals surface area contributed by atoms with Gasteiger partial charge < -0.3 is 15.7 Å². The highest BCUT2D eigenvalue weighted by Gasteiger charge is 2.32. The van der Waals surface area contributed by atoms with Crippen LogP contribution < -0.4 is 10.6 Å². The zero-order valence-corrected chi connectivity index (χ0v) is 11.6. The number of anilines is 1. The van der Waals surface area contributed by atoms with E-state index in [1.165, 1.54) is 18.5 Å². The number of carbonyl (C=O) groups excluding carboxylic acids is 1. The normalized spacial score (nSPS) is 16.8. The molecule has 1 aliphatic heterocycles. The summed E-state index contributed by atoms with van der Waals surface area (Å²) in [5.74, 6) is -0.0525. The molecule has 0 aliphatic carbocycles. The van der Waals surface area contributed by atoms with Gasteiger partial charge in [0.1, 0.15) is 5.75 Å². The van der Waals surface area contributed by atoms with Crippen molar-refractivity contribution in [3.63, 3.8) is 0 Å². The average molecular weight is 283 g/mol. The molecule has 1 aromatic carbocycles. The van der Waals surface area contributed by atoms with E-state index < -0.39 is 0 Å². The van der Waals surface area contributed by atoms with Crippen LogP contribution in [0.1, 0.15) is 28.3 Å². The van der Waals surface area contributed by atoms with Crippen molar-refractivity contribution in [2.75, 3.05) is 18.0 Å². The molecule has 0 saturated heterocycles. The molecule has 0 saturated carbocycles. The number of fused-ring (bicyclic) bond motifs is 1. The zero-order valence-electron chi connectivity index (χ0n) is 11.6. The predicted octanol–water partition coefficient (Wildman–Crippen LogP) is 1.88. The number of aromatic hydroxyl groups is 1. The molecule has 0 bridgehead atoms. The molecule has 21 heavy (non-hydrogen) atoms. The van der Waals surface area contributed by atoms with Crippen molar-refractivity contribution >= 4 is 11.6 Å². The highest BCUT2D eigenvalue weighted by Crippen LogP contribution is 2.38. The fourth-order valence-electron chi connectivity index (χ4n) is 2.85. The quantitative estimate of drug-likeness (QED) is 0.901. The van der Waals surface area contributed by atoms with Crippen LogP contribution >= 0.6 is 0 Å². The molecule has 2 heterocycles. The van der Waals surface area contributed by atoms with E-state index in [9.17, 15) is 9.90 Å². The lowest BCUT2D eigenvalue weighted by Gasteiger charge is -2.18. The van der Waals surface area contributed by atoms with Crippen LogP contribution in [0.4, 0.5) is 5.69 Å². The van der Waals surface area contributed by atoms with Crippen LogP contribution in [-0.4, -0.2) is 29.1 Å². The number of pyridine rings is 1. The molecule has 108 valence electrons. The van der Waals surface area contributed by atoms with Gasteiger partial charge >= 0.3 is 0 Å². The molecule has 0 spiro atoms. The molecule has 1 amide bonds. The molecule has 1 aliphatic rings. The summed E-state index contributed by atoms with van der Waals surface area (Å²) in [6, 6.07) is 9.39. The fraction of sp³-hybridized carbons (Fsp3) is 0.250. The van der Waals surface area contributed by atoms with Crippen LogP contribution in [0.15, 0.2) is 42.7 Å². The topological polar surface area (TPSA) is 79.5 Å². The standard InChI is InChI=1S/C16H17N3O2/c17-7-5-11-10-19(14-4-2-1-3-12(11)14)16(21)13-6-8-18-9-15(13)20/h1-4,6,8-9,11,20H,5,7,10,17H2. The lowest BCUT2D eigenvalue weighted by molar-refractivity contribution is 0.0985. The van der Waals surface area contributed by atoms with E-state index in [-0.39, 0.29) is 23.1 Å². The molecule has 5 nitrogen and oxygen atoms in total. The highest BCUT2D eigenvalue weighted by molar-refractivity contribution is 6.09. The van der Waals surface area contributed by atoms with E-state index in [4.69, 9.17) is 5.73 Å². The smallest absolute Gasteiger partial charge is 0.262 e. The molecule has 3 rings (SSSR count). The van der Waals surface area contributed by atoms with E-state index >= 15 is 0 Å². The summed E-state index contributed by atoms with van der Waals surface area (Å²) in [5.41, 5.74) is 7.99. The number of benzene rings is 1. The largest absolute Gasteiger partial charge is 0.505 e. The third-order valence-corrected chi connectivity index (χ3v) is 3.86. The van der Waals surface area contributed by atoms with Crippen LogP contribution in [0.2, 0.25) is 0 Å². The molecule has 3 N–H and O–H groups in total. The van der Waals surface area contributed by atoms with Gasteiger partial charge in [0.25, 0.3) is 5.91 Å². The van der Waals surface area contributed by atoms with Gasteiger partial charge in [-0.05, 0) is 30.7 Å². The average Bonchev–Trinajstić information content (AvgIpc) is 2.87. The molecule has 2 aromatic rings. The van der Waals surface area contributed by atoms with Gasteiger partial charge in [0.15, 0.2) is 0 Å². The lowest BCUT2D eigenvalue weighted by atomic mass is 9.98. The number of hydrogen-bond acceptors (Lipinski definition) is 4. The Labute approximate surface area is 123 Å². The maximum absolute atomic E-state index is 12.7. The Balaban J connectivity index is 1.97. The summed E-state index contributed by atoms with van der Waals surface area (Å²) in [6.07, 6.45) is 3.63. The van der Waals surface area contributed by atoms with Crippen molar-refractivity contribution in [3.05, 3.63) is 53.9 Å². The summed E-state index contributed by atoms with van der Waals surface area (Å²) in [4.78, 5) is 18.2. The Hall–Kier alpha value is -2.40. The van der Waals surface area contributed by atoms with Gasteiger partial charge in [-0.2, -0.15) is 0 Å². The Kier molecular flexibility index (Phi) is 3.58. The second-order valence-electron chi connectivity index (χ2n) is 5.14. The number of aromatic nitrogens is 1. The Bertz CT molecular complexity index is 672. The predicted molar refractivity (Wildman–Crippen MR) is 80.4 cm³/mol. The molecular weight excluding hydrogens is 266 g/mol. The van der Waals surface area contributed by atoms with Crippen molar-refractivity contribution in [1.29, 1.82) is 0 Å². The first-order valence-electron chi connectivity index (χ1n) is 6.96. The molecule has 1 atom stereocenters. The first-order chi connectivity index (χ1) is 10.2. The van der Waals surface area contributed by atoms with E-state index in [0.29, 0.717) is 13.1 Å². The molecule has 1 unspecified atom stereocenters. The highest BCUT2D eigenvalue weighted by atomic mass is 16.3. The van der Waals surface area contributed by atoms with Crippen molar-refractivity contribution in [1.82, 2.24) is 4.98 Å². The minimum atomic E-state index is -0.207. The van der Waals surface area contributed by atoms with Gasteiger partial charge in [0, 0.05) is 24.3 Å². The first kappa shape index (κ1) is 13.6. The second kappa shape index (κ2) is 5.54. The third kappa shape index (κ3) is 2.36. The molecule has 0 fully saturated rings. The number of nitrogens with zero attached hydrogens (tertiary/aromatic N) is 2. The van der Waals surface area contributed by atoms with E-state index in [1.54, 1.807) is 4.90 Å². The van der Waals surface area contributed by atoms with Crippen LogP contribution in [0.5, 0.6) is 5.75 Å². The fourth-order valence-corrected chi connectivity index (χ4v) is 2.85. The van der Waals surface area contributed by atoms with Gasteiger partial charge in [-0.1, -0.05) is 18.2 Å². The summed E-state index contributed by atoms with van der Waals surface area (Å²) in [6.45, 7) is 1.18. The van der Waals surface area contributed by atoms with E-state index in [0.717, 1.165) is 17.7 Å². The van der Waals surface area contributed by atoms with Gasteiger partial charge in [-0.25, -0.2) is 0 Å². The molecule has 0 radical (unpaired) electrons. The van der Waals surface area contributed by atoms with Crippen molar-refractivity contribution in [3.8, 4) is 5.75 Å². The van der Waals surface area contributed by atoms with Gasteiger partial charge in [-0.15, -0.1) is 0 Å². The number of nitrogens with two attached hydrogens (primary N) is 1. The molecular formula is C16H17N3O2. The summed E-state index contributed by atoms with van der Waals surface area (Å²) >= 11 is 0. The lowest BCUT2D eigenvalue weighted by Crippen LogP contribution is -2.30. The number of rotatable bonds is 3. The van der Waals surface area contributed by atoms with Crippen molar-refractivity contribution in [2.45, 2.75) is 12.3 Å². The maximum Gasteiger partial charge on any atom is 0.262 e. The SMILES string of the molecule is NCCC1CN(C(=O)c2ccncc2O)c2ccccc21. The van der Waals surface area contributed by atoms with Crippen molar-refractivity contribution < 1.29 is 9.90 Å². The number of carbonyl (C=O) groups is 1. The number of hydrogen-bond donors (Lipinski definition) is 2. The first-order valence-corrected chi connectivity index (χ1v) is 6.96. The molecule has 1 aromatic heterocycles. The molecule has 5 heteroatoms. The van der Waals surface area contributed by atoms with E-state index in [2.05, 4.69) is 4.98 Å². The van der Waals surface area contributed by atoms with Crippen LogP contribution in [-0.2, 0) is 0 Å². The Morgan fingerprint density at radius 1 is 1.38 bits per heavy atom. The van der Waals surface area contributed by atoms with E-state index in [1.807, 2.05) is 24.3 Å². The summed E-state index contributed by atoms with van der Waals surface area (Å²) in [7, 11) is 0. The van der Waals surface area contributed by atoms with Gasteiger partial charge in [0.2, 0.25) is 0 Å².